The van der Waals surface area contributed by atoms with E-state index in [-0.39, 0.29) is 0 Å². The Morgan fingerprint density at radius 1 is 1.25 bits per heavy atom. The molecule has 0 saturated carbocycles. The maximum absolute atomic E-state index is 5.33. The van der Waals surface area contributed by atoms with Crippen molar-refractivity contribution in [2.75, 3.05) is 13.7 Å². The van der Waals surface area contributed by atoms with Gasteiger partial charge in [0.25, 0.3) is 0 Å². The van der Waals surface area contributed by atoms with Gasteiger partial charge in [0.15, 0.2) is 0 Å². The van der Waals surface area contributed by atoms with Crippen molar-refractivity contribution in [3.8, 4) is 17.6 Å². The van der Waals surface area contributed by atoms with E-state index >= 15 is 0 Å². The van der Waals surface area contributed by atoms with Gasteiger partial charge in [0, 0.05) is 6.54 Å². The van der Waals surface area contributed by atoms with E-state index in [4.69, 9.17) is 4.74 Å². The minimum atomic E-state index is 0.737. The van der Waals surface area contributed by atoms with Crippen molar-refractivity contribution in [1.82, 2.24) is 5.32 Å². The van der Waals surface area contributed by atoms with E-state index in [0.29, 0.717) is 0 Å². The molecule has 0 aliphatic heterocycles. The van der Waals surface area contributed by atoms with Gasteiger partial charge in [-0.3, -0.25) is 0 Å². The average molecular weight is 217 g/mol. The van der Waals surface area contributed by atoms with Crippen LogP contribution in [0.4, 0.5) is 0 Å². The maximum Gasteiger partial charge on any atom is 0.124 e. The lowest BCUT2D eigenvalue weighted by Crippen LogP contribution is -2.13. The Morgan fingerprint density at radius 3 is 2.38 bits per heavy atom. The Balaban J connectivity index is 2.70. The minimum Gasteiger partial charge on any atom is -0.496 e. The van der Waals surface area contributed by atoms with Crippen molar-refractivity contribution in [3.63, 3.8) is 0 Å². The third-order valence-electron chi connectivity index (χ3n) is 2.44. The summed E-state index contributed by atoms with van der Waals surface area (Å²) in [6, 6.07) is 4.30. The summed E-state index contributed by atoms with van der Waals surface area (Å²) in [5, 5.41) is 3.28. The van der Waals surface area contributed by atoms with Gasteiger partial charge in [-0.2, -0.15) is 0 Å². The first-order valence-electron chi connectivity index (χ1n) is 5.43. The largest absolute Gasteiger partial charge is 0.496 e. The molecule has 0 unspecified atom stereocenters. The van der Waals surface area contributed by atoms with Gasteiger partial charge in [-0.25, -0.2) is 0 Å². The molecule has 0 fully saturated rings. The molecule has 2 nitrogen and oxygen atoms in total. The molecule has 0 aromatic heterocycles. The number of hydrogen-bond donors (Lipinski definition) is 1. The van der Waals surface area contributed by atoms with Gasteiger partial charge in [-0.05, 0) is 37.5 Å². The number of benzene rings is 1. The highest BCUT2D eigenvalue weighted by atomic mass is 16.5. The first kappa shape index (κ1) is 12.6. The van der Waals surface area contributed by atoms with E-state index in [0.717, 1.165) is 18.8 Å². The fourth-order valence-corrected chi connectivity index (χ4v) is 1.82. The van der Waals surface area contributed by atoms with Crippen LogP contribution in [0.25, 0.3) is 0 Å². The Bertz CT molecular complexity index is 389. The molecule has 0 bridgehead atoms. The Hall–Kier alpha value is -1.46. The second-order valence-electron chi connectivity index (χ2n) is 3.79. The summed E-state index contributed by atoms with van der Waals surface area (Å²) in [4.78, 5) is 0. The molecule has 1 aromatic carbocycles. The van der Waals surface area contributed by atoms with Crippen LogP contribution in [0.5, 0.6) is 5.75 Å². The van der Waals surface area contributed by atoms with Crippen molar-refractivity contribution < 1.29 is 4.74 Å². The normalized spacial score (nSPS) is 9.50. The monoisotopic (exact) mass is 217 g/mol. The third-order valence-corrected chi connectivity index (χ3v) is 2.44. The highest BCUT2D eigenvalue weighted by molar-refractivity contribution is 5.43. The lowest BCUT2D eigenvalue weighted by Gasteiger charge is -2.11. The minimum absolute atomic E-state index is 0.737. The summed E-state index contributed by atoms with van der Waals surface area (Å²) in [5.41, 5.74) is 3.63. The predicted molar refractivity (Wildman–Crippen MR) is 67.6 cm³/mol. The molecule has 1 rings (SSSR count). The molecular formula is C14H19NO. The van der Waals surface area contributed by atoms with Gasteiger partial charge < -0.3 is 10.1 Å². The molecule has 1 aromatic rings. The molecular weight excluding hydrogens is 198 g/mol. The van der Waals surface area contributed by atoms with Gasteiger partial charge >= 0.3 is 0 Å². The van der Waals surface area contributed by atoms with Crippen molar-refractivity contribution >= 4 is 0 Å². The first-order valence-corrected chi connectivity index (χ1v) is 5.43. The Kier molecular flexibility index (Phi) is 4.88. The number of hydrogen-bond acceptors (Lipinski definition) is 2. The predicted octanol–water partition coefficient (Wildman–Crippen LogP) is 2.42. The standard InChI is InChI=1S/C14H19NO/c1-5-6-7-15-10-13-8-11(2)14(16-4)12(3)9-13/h8-9,15H,7,10H2,1-4H3. The summed E-state index contributed by atoms with van der Waals surface area (Å²) in [7, 11) is 1.71. The zero-order chi connectivity index (χ0) is 12.0. The van der Waals surface area contributed by atoms with Crippen LogP contribution in [0.2, 0.25) is 0 Å². The van der Waals surface area contributed by atoms with Crippen molar-refractivity contribution in [2.24, 2.45) is 0 Å². The van der Waals surface area contributed by atoms with Gasteiger partial charge in [-0.15, -0.1) is 5.92 Å². The van der Waals surface area contributed by atoms with Crippen LogP contribution in [-0.4, -0.2) is 13.7 Å². The van der Waals surface area contributed by atoms with Gasteiger partial charge in [0.2, 0.25) is 0 Å². The van der Waals surface area contributed by atoms with Gasteiger partial charge in [0.1, 0.15) is 5.75 Å². The summed E-state index contributed by atoms with van der Waals surface area (Å²) < 4.78 is 5.33. The molecule has 1 N–H and O–H groups in total. The molecule has 0 saturated heterocycles. The van der Waals surface area contributed by atoms with E-state index in [1.54, 1.807) is 7.11 Å². The molecule has 0 heterocycles. The Labute approximate surface area is 98.0 Å². The lowest BCUT2D eigenvalue weighted by molar-refractivity contribution is 0.408. The third kappa shape index (κ3) is 3.29. The molecule has 0 spiro atoms. The fraction of sp³-hybridized carbons (Fsp3) is 0.429. The highest BCUT2D eigenvalue weighted by Gasteiger charge is 2.04. The van der Waals surface area contributed by atoms with Crippen LogP contribution >= 0.6 is 0 Å². The summed E-state index contributed by atoms with van der Waals surface area (Å²) in [6.45, 7) is 7.58. The zero-order valence-corrected chi connectivity index (χ0v) is 10.5. The van der Waals surface area contributed by atoms with E-state index in [2.05, 4.69) is 43.1 Å². The van der Waals surface area contributed by atoms with Gasteiger partial charge in [-0.1, -0.05) is 18.1 Å². The molecule has 2 heteroatoms. The number of methoxy groups -OCH3 is 1. The topological polar surface area (TPSA) is 21.3 Å². The van der Waals surface area contributed by atoms with Crippen LogP contribution in [0, 0.1) is 25.7 Å². The lowest BCUT2D eigenvalue weighted by atomic mass is 10.1. The van der Waals surface area contributed by atoms with E-state index in [1.807, 2.05) is 6.92 Å². The fourth-order valence-electron chi connectivity index (χ4n) is 1.82. The molecule has 16 heavy (non-hydrogen) atoms. The second-order valence-corrected chi connectivity index (χ2v) is 3.79. The van der Waals surface area contributed by atoms with Crippen LogP contribution in [0.15, 0.2) is 12.1 Å². The molecule has 0 aliphatic rings. The van der Waals surface area contributed by atoms with E-state index in [9.17, 15) is 0 Å². The average Bonchev–Trinajstić information content (AvgIpc) is 2.24. The molecule has 0 atom stereocenters. The number of aryl methyl sites for hydroxylation is 2. The van der Waals surface area contributed by atoms with E-state index in [1.165, 1.54) is 16.7 Å². The summed E-state index contributed by atoms with van der Waals surface area (Å²) in [6.07, 6.45) is 0. The quantitative estimate of drug-likeness (QED) is 0.618. The smallest absolute Gasteiger partial charge is 0.124 e. The number of ether oxygens (including phenoxy) is 1. The van der Waals surface area contributed by atoms with Crippen molar-refractivity contribution in [3.05, 3.63) is 28.8 Å². The van der Waals surface area contributed by atoms with Crippen LogP contribution in [0.1, 0.15) is 23.6 Å². The Morgan fingerprint density at radius 2 is 1.88 bits per heavy atom. The maximum atomic E-state index is 5.33. The first-order chi connectivity index (χ1) is 7.69. The molecule has 0 aliphatic carbocycles. The highest BCUT2D eigenvalue weighted by Crippen LogP contribution is 2.24. The zero-order valence-electron chi connectivity index (χ0n) is 10.5. The molecule has 86 valence electrons. The molecule has 0 amide bonds. The van der Waals surface area contributed by atoms with Crippen LogP contribution < -0.4 is 10.1 Å². The van der Waals surface area contributed by atoms with Crippen molar-refractivity contribution in [2.45, 2.75) is 27.3 Å². The molecule has 0 radical (unpaired) electrons. The second kappa shape index (κ2) is 6.19. The van der Waals surface area contributed by atoms with Crippen LogP contribution in [0.3, 0.4) is 0 Å². The van der Waals surface area contributed by atoms with Crippen LogP contribution in [-0.2, 0) is 6.54 Å². The number of nitrogens with one attached hydrogen (secondary N) is 1. The number of rotatable bonds is 4. The van der Waals surface area contributed by atoms with Gasteiger partial charge in [0.05, 0.1) is 13.7 Å². The van der Waals surface area contributed by atoms with Crippen molar-refractivity contribution in [1.29, 1.82) is 0 Å². The summed E-state index contributed by atoms with van der Waals surface area (Å²) >= 11 is 0. The van der Waals surface area contributed by atoms with E-state index < -0.39 is 0 Å². The SMILES string of the molecule is CC#CCNCc1cc(C)c(OC)c(C)c1. The summed E-state index contributed by atoms with van der Waals surface area (Å²) in [5.74, 6) is 6.83.